The van der Waals surface area contributed by atoms with Gasteiger partial charge in [-0.05, 0) is 12.1 Å². The number of nitrogens with one attached hydrogen (secondary N) is 1. The lowest BCUT2D eigenvalue weighted by atomic mass is 10.3. The Bertz CT molecular complexity index is 290. The van der Waals surface area contributed by atoms with Gasteiger partial charge in [-0.3, -0.25) is 0 Å². The van der Waals surface area contributed by atoms with Crippen LogP contribution in [0.25, 0.3) is 0 Å². The van der Waals surface area contributed by atoms with E-state index < -0.39 is 25.2 Å². The van der Waals surface area contributed by atoms with Crippen LogP contribution in [-0.4, -0.2) is 17.3 Å². The minimum absolute atomic E-state index is 0.262. The van der Waals surface area contributed by atoms with Gasteiger partial charge in [0.2, 0.25) is 0 Å². The molecule has 0 fully saturated rings. The molecule has 0 saturated heterocycles. The Kier molecular flexibility index (Phi) is 3.01. The molecule has 7 heteroatoms. The SMILES string of the molecule is FC(F)(F)Cc1ccc(CC(F)(F)F)[nH]1. The lowest BCUT2D eigenvalue weighted by Gasteiger charge is -2.05. The lowest BCUT2D eigenvalue weighted by Crippen LogP contribution is -2.13. The predicted octanol–water partition coefficient (Wildman–Crippen LogP) is 3.22. The van der Waals surface area contributed by atoms with Crippen molar-refractivity contribution in [3.8, 4) is 0 Å². The van der Waals surface area contributed by atoms with Crippen molar-refractivity contribution < 1.29 is 26.3 Å². The number of rotatable bonds is 2. The third-order valence-electron chi connectivity index (χ3n) is 1.59. The van der Waals surface area contributed by atoms with Crippen molar-refractivity contribution in [1.29, 1.82) is 0 Å². The molecule has 0 atom stereocenters. The lowest BCUT2D eigenvalue weighted by molar-refractivity contribution is -0.128. The summed E-state index contributed by atoms with van der Waals surface area (Å²) in [7, 11) is 0. The Labute approximate surface area is 81.1 Å². The predicted molar refractivity (Wildman–Crippen MR) is 40.3 cm³/mol. The molecular weight excluding hydrogens is 224 g/mol. The molecule has 0 aliphatic heterocycles. The summed E-state index contributed by atoms with van der Waals surface area (Å²) < 4.78 is 71.1. The molecule has 1 nitrogen and oxygen atoms in total. The summed E-state index contributed by atoms with van der Waals surface area (Å²) in [5.41, 5.74) is -0.525. The van der Waals surface area contributed by atoms with Gasteiger partial charge >= 0.3 is 12.4 Å². The van der Waals surface area contributed by atoms with Crippen LogP contribution >= 0.6 is 0 Å². The molecule has 1 rings (SSSR count). The summed E-state index contributed by atoms with van der Waals surface area (Å²) >= 11 is 0. The highest BCUT2D eigenvalue weighted by Crippen LogP contribution is 2.23. The molecule has 0 spiro atoms. The summed E-state index contributed by atoms with van der Waals surface area (Å²) in [6.45, 7) is 0. The van der Waals surface area contributed by atoms with Gasteiger partial charge < -0.3 is 4.98 Å². The molecule has 0 aliphatic carbocycles. The zero-order valence-corrected chi connectivity index (χ0v) is 7.34. The van der Waals surface area contributed by atoms with Crippen LogP contribution in [0.15, 0.2) is 12.1 Å². The first kappa shape index (κ1) is 11.9. The highest BCUT2D eigenvalue weighted by molar-refractivity contribution is 5.14. The minimum Gasteiger partial charge on any atom is -0.362 e. The second-order valence-corrected chi connectivity index (χ2v) is 3.09. The Hall–Kier alpha value is -1.14. The molecular formula is C8H7F6N. The first-order valence-electron chi connectivity index (χ1n) is 3.96. The van der Waals surface area contributed by atoms with E-state index in [2.05, 4.69) is 4.98 Å². The topological polar surface area (TPSA) is 15.8 Å². The summed E-state index contributed by atoms with van der Waals surface area (Å²) in [6.07, 6.45) is -11.3. The van der Waals surface area contributed by atoms with Gasteiger partial charge in [-0.2, -0.15) is 26.3 Å². The van der Waals surface area contributed by atoms with Gasteiger partial charge in [0, 0.05) is 11.4 Å². The molecule has 0 saturated carbocycles. The van der Waals surface area contributed by atoms with E-state index in [0.29, 0.717) is 0 Å². The van der Waals surface area contributed by atoms with Crippen LogP contribution in [0.4, 0.5) is 26.3 Å². The van der Waals surface area contributed by atoms with Gasteiger partial charge in [-0.15, -0.1) is 0 Å². The van der Waals surface area contributed by atoms with Crippen LogP contribution in [0.2, 0.25) is 0 Å². The monoisotopic (exact) mass is 231 g/mol. The molecule has 0 aliphatic rings. The number of alkyl halides is 6. The number of hydrogen-bond acceptors (Lipinski definition) is 0. The number of halogens is 6. The Balaban J connectivity index is 2.65. The average Bonchev–Trinajstić information content (AvgIpc) is 2.28. The summed E-state index contributed by atoms with van der Waals surface area (Å²) in [6, 6.07) is 2.02. The smallest absolute Gasteiger partial charge is 0.362 e. The van der Waals surface area contributed by atoms with E-state index in [-0.39, 0.29) is 11.4 Å². The molecule has 15 heavy (non-hydrogen) atoms. The van der Waals surface area contributed by atoms with Crippen molar-refractivity contribution in [2.75, 3.05) is 0 Å². The van der Waals surface area contributed by atoms with E-state index in [1.807, 2.05) is 0 Å². The summed E-state index contributed by atoms with van der Waals surface area (Å²) in [5, 5.41) is 0. The molecule has 0 bridgehead atoms. The fraction of sp³-hybridized carbons (Fsp3) is 0.500. The zero-order valence-electron chi connectivity index (χ0n) is 7.34. The maximum absolute atomic E-state index is 11.8. The number of H-pyrrole nitrogens is 1. The number of aromatic nitrogens is 1. The van der Waals surface area contributed by atoms with E-state index in [9.17, 15) is 26.3 Å². The van der Waals surface area contributed by atoms with Gasteiger partial charge in [0.25, 0.3) is 0 Å². The fourth-order valence-corrected chi connectivity index (χ4v) is 1.13. The molecule has 1 heterocycles. The summed E-state index contributed by atoms with van der Waals surface area (Å²) in [4.78, 5) is 2.09. The third-order valence-corrected chi connectivity index (χ3v) is 1.59. The third kappa shape index (κ3) is 4.75. The van der Waals surface area contributed by atoms with E-state index in [1.165, 1.54) is 0 Å². The van der Waals surface area contributed by atoms with Crippen molar-refractivity contribution in [3.05, 3.63) is 23.5 Å². The van der Waals surface area contributed by atoms with E-state index in [0.717, 1.165) is 12.1 Å². The van der Waals surface area contributed by atoms with E-state index in [4.69, 9.17) is 0 Å². The molecule has 1 aromatic heterocycles. The van der Waals surface area contributed by atoms with Crippen molar-refractivity contribution in [2.24, 2.45) is 0 Å². The van der Waals surface area contributed by atoms with Crippen LogP contribution in [0.1, 0.15) is 11.4 Å². The van der Waals surface area contributed by atoms with Gasteiger partial charge in [0.05, 0.1) is 12.8 Å². The number of aromatic amines is 1. The zero-order chi connectivity index (χ0) is 11.7. The molecule has 0 aromatic carbocycles. The highest BCUT2D eigenvalue weighted by atomic mass is 19.4. The quantitative estimate of drug-likeness (QED) is 0.752. The van der Waals surface area contributed by atoms with E-state index >= 15 is 0 Å². The van der Waals surface area contributed by atoms with Crippen molar-refractivity contribution >= 4 is 0 Å². The van der Waals surface area contributed by atoms with Crippen molar-refractivity contribution in [1.82, 2.24) is 4.98 Å². The standard InChI is InChI=1S/C8H7F6N/c9-7(10,11)3-5-1-2-6(15-5)4-8(12,13)14/h1-2,15H,3-4H2. The molecule has 1 N–H and O–H groups in total. The maximum Gasteiger partial charge on any atom is 0.394 e. The normalized spacial score (nSPS) is 13.2. The number of hydrogen-bond donors (Lipinski definition) is 1. The van der Waals surface area contributed by atoms with Gasteiger partial charge in [0.15, 0.2) is 0 Å². The van der Waals surface area contributed by atoms with Crippen LogP contribution in [0.3, 0.4) is 0 Å². The second kappa shape index (κ2) is 3.79. The van der Waals surface area contributed by atoms with Crippen LogP contribution in [0, 0.1) is 0 Å². The second-order valence-electron chi connectivity index (χ2n) is 3.09. The maximum atomic E-state index is 11.8. The summed E-state index contributed by atoms with van der Waals surface area (Å²) in [5.74, 6) is 0. The molecule has 0 unspecified atom stereocenters. The van der Waals surface area contributed by atoms with Crippen LogP contribution in [-0.2, 0) is 12.8 Å². The Morgan fingerprint density at radius 1 is 0.800 bits per heavy atom. The first-order valence-corrected chi connectivity index (χ1v) is 3.96. The largest absolute Gasteiger partial charge is 0.394 e. The molecule has 0 amide bonds. The Morgan fingerprint density at radius 3 is 1.40 bits per heavy atom. The van der Waals surface area contributed by atoms with Crippen molar-refractivity contribution in [2.45, 2.75) is 25.2 Å². The molecule has 1 aromatic rings. The van der Waals surface area contributed by atoms with E-state index in [1.54, 1.807) is 0 Å². The Morgan fingerprint density at radius 2 is 1.13 bits per heavy atom. The van der Waals surface area contributed by atoms with Crippen LogP contribution in [0.5, 0.6) is 0 Å². The van der Waals surface area contributed by atoms with Crippen LogP contribution < -0.4 is 0 Å². The highest BCUT2D eigenvalue weighted by Gasteiger charge is 2.30. The molecule has 0 radical (unpaired) electrons. The van der Waals surface area contributed by atoms with Gasteiger partial charge in [0.1, 0.15) is 0 Å². The fourth-order valence-electron chi connectivity index (χ4n) is 1.13. The minimum atomic E-state index is -4.42. The van der Waals surface area contributed by atoms with Gasteiger partial charge in [-0.1, -0.05) is 0 Å². The first-order chi connectivity index (χ1) is 6.66. The van der Waals surface area contributed by atoms with Gasteiger partial charge in [-0.25, -0.2) is 0 Å². The molecule has 86 valence electrons. The average molecular weight is 231 g/mol. The van der Waals surface area contributed by atoms with Crippen molar-refractivity contribution in [3.63, 3.8) is 0 Å².